The van der Waals surface area contributed by atoms with Crippen LogP contribution in [0.2, 0.25) is 0 Å². The van der Waals surface area contributed by atoms with Gasteiger partial charge in [-0.15, -0.1) is 0 Å². The van der Waals surface area contributed by atoms with Crippen LogP contribution in [0.5, 0.6) is 0 Å². The molecule has 90 valence electrons. The molecule has 2 heterocycles. The summed E-state index contributed by atoms with van der Waals surface area (Å²) in [4.78, 5) is 4.36. The van der Waals surface area contributed by atoms with Crippen molar-refractivity contribution in [1.29, 1.82) is 5.26 Å². The average Bonchev–Trinajstić information content (AvgIpc) is 2.82. The summed E-state index contributed by atoms with van der Waals surface area (Å²) >= 11 is 0. The van der Waals surface area contributed by atoms with E-state index in [1.54, 1.807) is 0 Å². The minimum atomic E-state index is 0.625. The van der Waals surface area contributed by atoms with Crippen LogP contribution < -0.4 is 10.6 Å². The molecule has 2 N–H and O–H groups in total. The molecule has 1 saturated heterocycles. The van der Waals surface area contributed by atoms with E-state index in [0.29, 0.717) is 5.56 Å². The Morgan fingerprint density at radius 2 is 2.47 bits per heavy atom. The van der Waals surface area contributed by atoms with Gasteiger partial charge in [-0.25, -0.2) is 4.98 Å². The number of nitriles is 1. The molecule has 1 aliphatic heterocycles. The van der Waals surface area contributed by atoms with E-state index in [2.05, 4.69) is 21.7 Å². The van der Waals surface area contributed by atoms with Gasteiger partial charge in [0.15, 0.2) is 0 Å². The molecule has 17 heavy (non-hydrogen) atoms. The molecule has 0 bridgehead atoms. The van der Waals surface area contributed by atoms with Gasteiger partial charge in [-0.1, -0.05) is 0 Å². The van der Waals surface area contributed by atoms with Crippen molar-refractivity contribution in [3.63, 3.8) is 0 Å². The molecule has 1 unspecified atom stereocenters. The van der Waals surface area contributed by atoms with Crippen LogP contribution in [0.1, 0.15) is 24.1 Å². The highest BCUT2D eigenvalue weighted by Crippen LogP contribution is 2.15. The Balaban J connectivity index is 1.89. The number of pyridine rings is 1. The summed E-state index contributed by atoms with van der Waals surface area (Å²) in [6.07, 6.45) is 2.39. The third kappa shape index (κ3) is 3.18. The fraction of sp³-hybridized carbons (Fsp3) is 0.538. The average molecular weight is 230 g/mol. The second kappa shape index (κ2) is 5.65. The second-order valence-corrected chi connectivity index (χ2v) is 4.53. The molecule has 1 atom stereocenters. The van der Waals surface area contributed by atoms with Crippen LogP contribution in [0.4, 0.5) is 5.82 Å². The van der Waals surface area contributed by atoms with Crippen molar-refractivity contribution < 1.29 is 0 Å². The van der Waals surface area contributed by atoms with Gasteiger partial charge in [0.2, 0.25) is 0 Å². The number of hydrogen-bond acceptors (Lipinski definition) is 4. The zero-order valence-electron chi connectivity index (χ0n) is 10.2. The van der Waals surface area contributed by atoms with Crippen LogP contribution in [-0.2, 0) is 0 Å². The monoisotopic (exact) mass is 230 g/mol. The van der Waals surface area contributed by atoms with Gasteiger partial charge < -0.3 is 10.6 Å². The smallest absolute Gasteiger partial charge is 0.144 e. The van der Waals surface area contributed by atoms with Crippen molar-refractivity contribution in [3.05, 3.63) is 23.4 Å². The van der Waals surface area contributed by atoms with Crippen molar-refractivity contribution in [2.75, 3.05) is 25.0 Å². The maximum Gasteiger partial charge on any atom is 0.144 e. The first-order valence-corrected chi connectivity index (χ1v) is 6.12. The Morgan fingerprint density at radius 1 is 1.59 bits per heavy atom. The number of aromatic nitrogens is 1. The van der Waals surface area contributed by atoms with Gasteiger partial charge >= 0.3 is 0 Å². The fourth-order valence-corrected chi connectivity index (χ4v) is 2.14. The molecule has 2 rings (SSSR count). The minimum Gasteiger partial charge on any atom is -0.369 e. The van der Waals surface area contributed by atoms with Crippen molar-refractivity contribution in [2.24, 2.45) is 5.92 Å². The Kier molecular flexibility index (Phi) is 3.94. The zero-order chi connectivity index (χ0) is 12.1. The van der Waals surface area contributed by atoms with Crippen molar-refractivity contribution in [3.8, 4) is 6.07 Å². The highest BCUT2D eigenvalue weighted by atomic mass is 15.0. The SMILES string of the molecule is Cc1ccc(C#N)c(NCCC2CCNC2)n1. The number of nitrogens with one attached hydrogen (secondary N) is 2. The van der Waals surface area contributed by atoms with Crippen LogP contribution in [0.3, 0.4) is 0 Å². The quantitative estimate of drug-likeness (QED) is 0.826. The molecule has 4 heteroatoms. The van der Waals surface area contributed by atoms with E-state index >= 15 is 0 Å². The molecule has 0 saturated carbocycles. The fourth-order valence-electron chi connectivity index (χ4n) is 2.14. The van der Waals surface area contributed by atoms with Gasteiger partial charge in [0.1, 0.15) is 11.9 Å². The molecule has 1 aliphatic rings. The van der Waals surface area contributed by atoms with Crippen molar-refractivity contribution in [2.45, 2.75) is 19.8 Å². The first-order chi connectivity index (χ1) is 8.29. The maximum atomic E-state index is 8.98. The number of rotatable bonds is 4. The van der Waals surface area contributed by atoms with Crippen molar-refractivity contribution in [1.82, 2.24) is 10.3 Å². The second-order valence-electron chi connectivity index (χ2n) is 4.53. The lowest BCUT2D eigenvalue weighted by atomic mass is 10.1. The lowest BCUT2D eigenvalue weighted by Crippen LogP contribution is -2.13. The normalized spacial score (nSPS) is 18.9. The van der Waals surface area contributed by atoms with Gasteiger partial charge in [-0.2, -0.15) is 5.26 Å². The van der Waals surface area contributed by atoms with E-state index in [9.17, 15) is 0 Å². The third-order valence-corrected chi connectivity index (χ3v) is 3.16. The predicted octanol–water partition coefficient (Wildman–Crippen LogP) is 1.67. The van der Waals surface area contributed by atoms with E-state index in [4.69, 9.17) is 5.26 Å². The molecular formula is C13H18N4. The lowest BCUT2D eigenvalue weighted by Gasteiger charge is -2.11. The summed E-state index contributed by atoms with van der Waals surface area (Å²) in [6.45, 7) is 5.08. The first-order valence-electron chi connectivity index (χ1n) is 6.12. The summed E-state index contributed by atoms with van der Waals surface area (Å²) in [5.41, 5.74) is 1.56. The van der Waals surface area contributed by atoms with Crippen LogP contribution in [-0.4, -0.2) is 24.6 Å². The number of nitrogens with zero attached hydrogens (tertiary/aromatic N) is 2. The molecule has 0 radical (unpaired) electrons. The van der Waals surface area contributed by atoms with Crippen LogP contribution >= 0.6 is 0 Å². The Hall–Kier alpha value is -1.60. The number of aryl methyl sites for hydroxylation is 1. The largest absolute Gasteiger partial charge is 0.369 e. The molecule has 0 amide bonds. The molecule has 0 spiro atoms. The standard InChI is InChI=1S/C13H18N4/c1-10-2-3-12(8-14)13(17-10)16-7-5-11-4-6-15-9-11/h2-3,11,15H,4-7,9H2,1H3,(H,16,17). The minimum absolute atomic E-state index is 0.625. The summed E-state index contributed by atoms with van der Waals surface area (Å²) in [6, 6.07) is 5.85. The first kappa shape index (κ1) is 11.9. The Labute approximate surface area is 102 Å². The van der Waals surface area contributed by atoms with Crippen molar-refractivity contribution >= 4 is 5.82 Å². The van der Waals surface area contributed by atoms with Gasteiger partial charge in [0.05, 0.1) is 5.56 Å². The molecule has 1 aromatic heterocycles. The molecule has 1 aromatic rings. The molecule has 0 aromatic carbocycles. The predicted molar refractivity (Wildman–Crippen MR) is 67.8 cm³/mol. The Morgan fingerprint density at radius 3 is 3.18 bits per heavy atom. The topological polar surface area (TPSA) is 60.7 Å². The van der Waals surface area contributed by atoms with Gasteiger partial charge in [0, 0.05) is 12.2 Å². The van der Waals surface area contributed by atoms with Crippen LogP contribution in [0.25, 0.3) is 0 Å². The van der Waals surface area contributed by atoms with E-state index in [0.717, 1.165) is 43.5 Å². The van der Waals surface area contributed by atoms with Gasteiger partial charge in [-0.3, -0.25) is 0 Å². The molecular weight excluding hydrogens is 212 g/mol. The van der Waals surface area contributed by atoms with E-state index in [-0.39, 0.29) is 0 Å². The van der Waals surface area contributed by atoms with E-state index in [1.165, 1.54) is 6.42 Å². The van der Waals surface area contributed by atoms with Crippen LogP contribution in [0, 0.1) is 24.2 Å². The molecule has 4 nitrogen and oxygen atoms in total. The molecule has 0 aliphatic carbocycles. The van der Waals surface area contributed by atoms with E-state index < -0.39 is 0 Å². The van der Waals surface area contributed by atoms with Gasteiger partial charge in [0.25, 0.3) is 0 Å². The summed E-state index contributed by atoms with van der Waals surface area (Å²) < 4.78 is 0. The maximum absolute atomic E-state index is 8.98. The third-order valence-electron chi connectivity index (χ3n) is 3.16. The zero-order valence-corrected chi connectivity index (χ0v) is 10.2. The van der Waals surface area contributed by atoms with E-state index in [1.807, 2.05) is 19.1 Å². The Bertz CT molecular complexity index is 416. The summed E-state index contributed by atoms with van der Waals surface area (Å²) in [5, 5.41) is 15.6. The van der Waals surface area contributed by atoms with Gasteiger partial charge in [-0.05, 0) is 50.9 Å². The molecule has 1 fully saturated rings. The number of hydrogen-bond donors (Lipinski definition) is 2. The highest BCUT2D eigenvalue weighted by molar-refractivity contribution is 5.52. The lowest BCUT2D eigenvalue weighted by molar-refractivity contribution is 0.549. The summed E-state index contributed by atoms with van der Waals surface area (Å²) in [7, 11) is 0. The van der Waals surface area contributed by atoms with Crippen LogP contribution in [0.15, 0.2) is 12.1 Å². The highest BCUT2D eigenvalue weighted by Gasteiger charge is 2.13. The summed E-state index contributed by atoms with van der Waals surface area (Å²) in [5.74, 6) is 1.48. The number of anilines is 1.